The fourth-order valence-electron chi connectivity index (χ4n) is 1.70. The zero-order valence-electron chi connectivity index (χ0n) is 11.7. The van der Waals surface area contributed by atoms with Crippen LogP contribution in [0.5, 0.6) is 5.75 Å². The first kappa shape index (κ1) is 16.3. The average Bonchev–Trinajstić information content (AvgIpc) is 2.37. The molecule has 1 unspecified atom stereocenters. The van der Waals surface area contributed by atoms with Crippen molar-refractivity contribution in [3.8, 4) is 5.75 Å². The summed E-state index contributed by atoms with van der Waals surface area (Å²) in [4.78, 5) is 13.4. The molecule has 0 radical (unpaired) electrons. The van der Waals surface area contributed by atoms with Crippen LogP contribution in [0.15, 0.2) is 24.3 Å². The summed E-state index contributed by atoms with van der Waals surface area (Å²) in [5, 5.41) is 0. The fourth-order valence-corrected chi connectivity index (χ4v) is 1.70. The van der Waals surface area contributed by atoms with E-state index in [0.29, 0.717) is 6.54 Å². The van der Waals surface area contributed by atoms with Crippen molar-refractivity contribution in [2.24, 2.45) is 5.92 Å². The van der Waals surface area contributed by atoms with Gasteiger partial charge in [-0.3, -0.25) is 4.79 Å². The van der Waals surface area contributed by atoms with Crippen LogP contribution in [0.25, 0.3) is 0 Å². The van der Waals surface area contributed by atoms with Crippen LogP contribution in [0.4, 0.5) is 13.2 Å². The first-order valence-corrected chi connectivity index (χ1v) is 6.32. The van der Waals surface area contributed by atoms with Crippen LogP contribution in [0, 0.1) is 5.92 Å². The number of amides is 1. The van der Waals surface area contributed by atoms with Gasteiger partial charge < -0.3 is 9.64 Å². The summed E-state index contributed by atoms with van der Waals surface area (Å²) in [5.74, 6) is -0.312. The highest BCUT2D eigenvalue weighted by atomic mass is 19.4. The van der Waals surface area contributed by atoms with Crippen molar-refractivity contribution in [2.45, 2.75) is 33.2 Å². The lowest BCUT2D eigenvalue weighted by atomic mass is 10.1. The van der Waals surface area contributed by atoms with Gasteiger partial charge in [0, 0.05) is 19.5 Å². The zero-order chi connectivity index (χ0) is 15.3. The quantitative estimate of drug-likeness (QED) is 0.829. The molecule has 0 spiro atoms. The second-order valence-corrected chi connectivity index (χ2v) is 4.70. The molecule has 0 aliphatic carbocycles. The molecule has 0 saturated carbocycles. The van der Waals surface area contributed by atoms with E-state index in [0.717, 1.165) is 12.0 Å². The summed E-state index contributed by atoms with van der Waals surface area (Å²) in [6, 6.07) is 5.51. The number of halogens is 3. The second-order valence-electron chi connectivity index (χ2n) is 4.70. The second kappa shape index (κ2) is 6.63. The Balaban J connectivity index is 2.64. The molecule has 3 nitrogen and oxygen atoms in total. The molecule has 112 valence electrons. The number of benzene rings is 1. The maximum atomic E-state index is 12.0. The third-order valence-electron chi connectivity index (χ3n) is 2.99. The number of nitrogens with zero attached hydrogens (tertiary/aromatic N) is 1. The van der Waals surface area contributed by atoms with Gasteiger partial charge >= 0.3 is 6.36 Å². The molecule has 1 atom stereocenters. The Morgan fingerprint density at radius 1 is 1.30 bits per heavy atom. The molecule has 0 fully saturated rings. The van der Waals surface area contributed by atoms with Crippen molar-refractivity contribution in [2.75, 3.05) is 7.05 Å². The van der Waals surface area contributed by atoms with Gasteiger partial charge in [0.2, 0.25) is 5.91 Å². The van der Waals surface area contributed by atoms with E-state index in [-0.39, 0.29) is 17.6 Å². The number of ether oxygens (including phenoxy) is 1. The zero-order valence-corrected chi connectivity index (χ0v) is 11.7. The van der Waals surface area contributed by atoms with Crippen molar-refractivity contribution in [1.82, 2.24) is 4.90 Å². The van der Waals surface area contributed by atoms with Crippen molar-refractivity contribution in [3.63, 3.8) is 0 Å². The normalized spacial score (nSPS) is 12.9. The van der Waals surface area contributed by atoms with E-state index >= 15 is 0 Å². The molecule has 1 rings (SSSR count). The number of carbonyl (C=O) groups excluding carboxylic acids is 1. The number of hydrogen-bond donors (Lipinski definition) is 0. The first-order valence-electron chi connectivity index (χ1n) is 6.32. The Morgan fingerprint density at radius 2 is 1.85 bits per heavy atom. The van der Waals surface area contributed by atoms with Gasteiger partial charge in [-0.15, -0.1) is 13.2 Å². The van der Waals surface area contributed by atoms with Crippen LogP contribution in [0.1, 0.15) is 25.8 Å². The summed E-state index contributed by atoms with van der Waals surface area (Å²) >= 11 is 0. The Bertz CT molecular complexity index is 443. The first-order chi connectivity index (χ1) is 9.23. The molecule has 0 heterocycles. The summed E-state index contributed by atoms with van der Waals surface area (Å²) < 4.78 is 39.8. The SMILES string of the molecule is CCC(C)C(=O)N(C)Cc1ccc(OC(F)(F)F)cc1. The van der Waals surface area contributed by atoms with E-state index in [1.165, 1.54) is 24.3 Å². The molecule has 0 N–H and O–H groups in total. The Morgan fingerprint density at radius 3 is 2.30 bits per heavy atom. The van der Waals surface area contributed by atoms with E-state index in [9.17, 15) is 18.0 Å². The number of hydrogen-bond acceptors (Lipinski definition) is 2. The molecule has 0 aliphatic rings. The maximum Gasteiger partial charge on any atom is 0.573 e. The standard InChI is InChI=1S/C14H18F3NO2/c1-4-10(2)13(19)18(3)9-11-5-7-12(8-6-11)20-14(15,16)17/h5-8,10H,4,9H2,1-3H3. The highest BCUT2D eigenvalue weighted by Crippen LogP contribution is 2.23. The molecule has 0 aromatic heterocycles. The van der Waals surface area contributed by atoms with Gasteiger partial charge in [-0.05, 0) is 24.1 Å². The van der Waals surface area contributed by atoms with Crippen LogP contribution in [0.2, 0.25) is 0 Å². The van der Waals surface area contributed by atoms with Crippen molar-refractivity contribution < 1.29 is 22.7 Å². The van der Waals surface area contributed by atoms with Crippen molar-refractivity contribution in [3.05, 3.63) is 29.8 Å². The predicted octanol–water partition coefficient (Wildman–Crippen LogP) is 3.59. The largest absolute Gasteiger partial charge is 0.573 e. The molecule has 0 saturated heterocycles. The summed E-state index contributed by atoms with van der Waals surface area (Å²) in [5.41, 5.74) is 0.749. The lowest BCUT2D eigenvalue weighted by Crippen LogP contribution is -2.30. The predicted molar refractivity (Wildman–Crippen MR) is 69.1 cm³/mol. The third-order valence-corrected chi connectivity index (χ3v) is 2.99. The lowest BCUT2D eigenvalue weighted by Gasteiger charge is -2.21. The molecule has 0 aliphatic heterocycles. The van der Waals surface area contributed by atoms with E-state index < -0.39 is 6.36 Å². The molecule has 1 aromatic rings. The minimum absolute atomic E-state index is 0.0168. The monoisotopic (exact) mass is 289 g/mol. The van der Waals surface area contributed by atoms with Crippen LogP contribution in [-0.2, 0) is 11.3 Å². The number of carbonyl (C=O) groups is 1. The topological polar surface area (TPSA) is 29.5 Å². The fraction of sp³-hybridized carbons (Fsp3) is 0.500. The third kappa shape index (κ3) is 5.11. The highest BCUT2D eigenvalue weighted by molar-refractivity contribution is 5.78. The smallest absolute Gasteiger partial charge is 0.406 e. The maximum absolute atomic E-state index is 12.0. The molecular weight excluding hydrogens is 271 g/mol. The van der Waals surface area contributed by atoms with Crippen molar-refractivity contribution >= 4 is 5.91 Å². The molecule has 0 bridgehead atoms. The van der Waals surface area contributed by atoms with Gasteiger partial charge in [0.15, 0.2) is 0 Å². The molecule has 1 aromatic carbocycles. The van der Waals surface area contributed by atoms with Crippen LogP contribution in [0.3, 0.4) is 0 Å². The van der Waals surface area contributed by atoms with Crippen LogP contribution < -0.4 is 4.74 Å². The molecule has 20 heavy (non-hydrogen) atoms. The van der Waals surface area contributed by atoms with Crippen molar-refractivity contribution in [1.29, 1.82) is 0 Å². The van der Waals surface area contributed by atoms with Gasteiger partial charge in [0.05, 0.1) is 0 Å². The van der Waals surface area contributed by atoms with Crippen LogP contribution in [-0.4, -0.2) is 24.2 Å². The van der Waals surface area contributed by atoms with Gasteiger partial charge in [0.1, 0.15) is 5.75 Å². The molecule has 1 amide bonds. The summed E-state index contributed by atoms with van der Waals surface area (Å²) in [7, 11) is 1.68. The van der Waals surface area contributed by atoms with Gasteiger partial charge in [0.25, 0.3) is 0 Å². The Hall–Kier alpha value is -1.72. The van der Waals surface area contributed by atoms with E-state index in [2.05, 4.69) is 4.74 Å². The summed E-state index contributed by atoms with van der Waals surface area (Å²) in [6.07, 6.45) is -3.94. The summed E-state index contributed by atoms with van der Waals surface area (Å²) in [6.45, 7) is 4.13. The highest BCUT2D eigenvalue weighted by Gasteiger charge is 2.30. The minimum atomic E-state index is -4.69. The van der Waals surface area contributed by atoms with Gasteiger partial charge in [-0.2, -0.15) is 0 Å². The lowest BCUT2D eigenvalue weighted by molar-refractivity contribution is -0.274. The van der Waals surface area contributed by atoms with Gasteiger partial charge in [-0.1, -0.05) is 26.0 Å². The number of alkyl halides is 3. The Labute approximate surface area is 116 Å². The van der Waals surface area contributed by atoms with E-state index in [4.69, 9.17) is 0 Å². The van der Waals surface area contributed by atoms with E-state index in [1.54, 1.807) is 11.9 Å². The van der Waals surface area contributed by atoms with Crippen LogP contribution >= 0.6 is 0 Å². The van der Waals surface area contributed by atoms with E-state index in [1.807, 2.05) is 13.8 Å². The minimum Gasteiger partial charge on any atom is -0.406 e. The average molecular weight is 289 g/mol. The molecular formula is C14H18F3NO2. The number of rotatable bonds is 5. The van der Waals surface area contributed by atoms with Gasteiger partial charge in [-0.25, -0.2) is 0 Å². The Kier molecular flexibility index (Phi) is 5.42. The molecule has 6 heteroatoms.